The van der Waals surface area contributed by atoms with E-state index in [-0.39, 0.29) is 11.8 Å². The van der Waals surface area contributed by atoms with Crippen LogP contribution in [-0.2, 0) is 19.2 Å². The monoisotopic (exact) mass is 432 g/mol. The van der Waals surface area contributed by atoms with Crippen LogP contribution in [0.5, 0.6) is 0 Å². The van der Waals surface area contributed by atoms with Crippen molar-refractivity contribution in [3.05, 3.63) is 0 Å². The fraction of sp³-hybridized carbons (Fsp3) is 0.789. The van der Waals surface area contributed by atoms with Crippen molar-refractivity contribution in [1.29, 1.82) is 0 Å². The molecule has 7 atom stereocenters. The van der Waals surface area contributed by atoms with Crippen LogP contribution in [-0.4, -0.2) is 75.9 Å². The summed E-state index contributed by atoms with van der Waals surface area (Å²) in [5, 5.41) is 35.5. The molecule has 0 aromatic heterocycles. The van der Waals surface area contributed by atoms with Gasteiger partial charge in [0.2, 0.25) is 17.7 Å². The molecule has 0 aromatic rings. The summed E-state index contributed by atoms with van der Waals surface area (Å²) in [4.78, 5) is 48.5. The average Bonchev–Trinajstić information content (AvgIpc) is 2.70. The molecule has 0 spiro atoms. The van der Waals surface area contributed by atoms with Gasteiger partial charge in [0.05, 0.1) is 18.8 Å². The Balaban J connectivity index is 5.25. The minimum absolute atomic E-state index is 0.160. The summed E-state index contributed by atoms with van der Waals surface area (Å²) in [7, 11) is 0. The summed E-state index contributed by atoms with van der Waals surface area (Å²) >= 11 is 0. The minimum atomic E-state index is -1.47. The average molecular weight is 433 g/mol. The van der Waals surface area contributed by atoms with E-state index >= 15 is 0 Å². The van der Waals surface area contributed by atoms with Crippen LogP contribution in [0.2, 0.25) is 0 Å². The molecule has 0 aliphatic rings. The molecule has 0 saturated carbocycles. The van der Waals surface area contributed by atoms with Crippen LogP contribution in [0.1, 0.15) is 47.5 Å². The van der Waals surface area contributed by atoms with Crippen LogP contribution in [0.25, 0.3) is 0 Å². The lowest BCUT2D eigenvalue weighted by molar-refractivity contribution is -0.144. The van der Waals surface area contributed by atoms with E-state index in [1.54, 1.807) is 20.8 Å². The quantitative estimate of drug-likeness (QED) is 0.179. The number of nitrogens with one attached hydrogen (secondary N) is 3. The molecule has 0 aromatic carbocycles. The summed E-state index contributed by atoms with van der Waals surface area (Å²) in [6, 6.07) is -4.98. The Morgan fingerprint density at radius 1 is 0.833 bits per heavy atom. The highest BCUT2D eigenvalue weighted by molar-refractivity contribution is 5.94. The molecule has 11 nitrogen and oxygen atoms in total. The normalized spacial score (nSPS) is 18.1. The molecule has 7 unspecified atom stereocenters. The number of hydrogen-bond acceptors (Lipinski definition) is 7. The van der Waals surface area contributed by atoms with Gasteiger partial charge in [-0.2, -0.15) is 0 Å². The molecule has 0 fully saturated rings. The number of aliphatic carboxylic acids is 1. The summed E-state index contributed by atoms with van der Waals surface area (Å²) in [6.07, 6.45) is -0.194. The SMILES string of the molecule is CCC(C)C(N)C(=O)NC(C(=O)NC(CO)C(=O)NC(C(=O)O)C(C)CC)C(C)O. The standard InChI is InChI=1S/C19H36N4O7/c1-6-9(3)13(20)17(27)23-15(11(5)25)18(28)21-12(8-24)16(26)22-14(19(29)30)10(4)7-2/h9-15,24-25H,6-8,20H2,1-5H3,(H,21,28)(H,22,26)(H,23,27)(H,29,30). The van der Waals surface area contributed by atoms with Crippen molar-refractivity contribution in [3.63, 3.8) is 0 Å². The Bertz CT molecular complexity index is 599. The first-order chi connectivity index (χ1) is 13.9. The number of carboxylic acids is 1. The molecule has 0 radical (unpaired) electrons. The molecule has 0 aliphatic heterocycles. The van der Waals surface area contributed by atoms with Crippen molar-refractivity contribution < 1.29 is 34.5 Å². The highest BCUT2D eigenvalue weighted by Crippen LogP contribution is 2.09. The van der Waals surface area contributed by atoms with Gasteiger partial charge in [-0.25, -0.2) is 4.79 Å². The Morgan fingerprint density at radius 2 is 1.33 bits per heavy atom. The van der Waals surface area contributed by atoms with E-state index in [0.717, 1.165) is 0 Å². The van der Waals surface area contributed by atoms with E-state index in [4.69, 9.17) is 5.73 Å². The summed E-state index contributed by atoms with van der Waals surface area (Å²) in [5.74, 6) is -4.24. The van der Waals surface area contributed by atoms with Gasteiger partial charge in [-0.3, -0.25) is 14.4 Å². The minimum Gasteiger partial charge on any atom is -0.480 e. The van der Waals surface area contributed by atoms with Gasteiger partial charge < -0.3 is 37.0 Å². The third-order valence-corrected chi connectivity index (χ3v) is 5.21. The first kappa shape index (κ1) is 27.8. The Labute approximate surface area is 176 Å². The molecule has 0 saturated heterocycles. The second kappa shape index (κ2) is 13.1. The fourth-order valence-corrected chi connectivity index (χ4v) is 2.56. The van der Waals surface area contributed by atoms with E-state index in [0.29, 0.717) is 12.8 Å². The predicted molar refractivity (Wildman–Crippen MR) is 109 cm³/mol. The number of hydrogen-bond donors (Lipinski definition) is 7. The van der Waals surface area contributed by atoms with Crippen molar-refractivity contribution in [2.24, 2.45) is 17.6 Å². The molecule has 0 rings (SSSR count). The number of aliphatic hydroxyl groups is 2. The maximum Gasteiger partial charge on any atom is 0.326 e. The van der Waals surface area contributed by atoms with Gasteiger partial charge in [0.25, 0.3) is 0 Å². The zero-order valence-electron chi connectivity index (χ0n) is 18.2. The molecule has 8 N–H and O–H groups in total. The topological polar surface area (TPSA) is 191 Å². The second-order valence-corrected chi connectivity index (χ2v) is 7.59. The van der Waals surface area contributed by atoms with Crippen molar-refractivity contribution in [2.45, 2.75) is 77.7 Å². The highest BCUT2D eigenvalue weighted by atomic mass is 16.4. The van der Waals surface area contributed by atoms with Crippen LogP contribution in [0.15, 0.2) is 0 Å². The zero-order valence-corrected chi connectivity index (χ0v) is 18.2. The van der Waals surface area contributed by atoms with Crippen LogP contribution in [0.4, 0.5) is 0 Å². The maximum atomic E-state index is 12.5. The van der Waals surface area contributed by atoms with Gasteiger partial charge in [0, 0.05) is 0 Å². The van der Waals surface area contributed by atoms with E-state index in [1.807, 2.05) is 6.92 Å². The Morgan fingerprint density at radius 3 is 1.73 bits per heavy atom. The number of carboxylic acid groups (broad SMARTS) is 1. The van der Waals surface area contributed by atoms with Crippen molar-refractivity contribution in [1.82, 2.24) is 16.0 Å². The fourth-order valence-electron chi connectivity index (χ4n) is 2.56. The van der Waals surface area contributed by atoms with Crippen LogP contribution in [0.3, 0.4) is 0 Å². The Hall–Kier alpha value is -2.24. The van der Waals surface area contributed by atoms with Crippen molar-refractivity contribution >= 4 is 23.7 Å². The van der Waals surface area contributed by atoms with Gasteiger partial charge >= 0.3 is 5.97 Å². The predicted octanol–water partition coefficient (Wildman–Crippen LogP) is -1.68. The Kier molecular flexibility index (Phi) is 12.2. The van der Waals surface area contributed by atoms with Crippen LogP contribution >= 0.6 is 0 Å². The molecule has 0 bridgehead atoms. The third-order valence-electron chi connectivity index (χ3n) is 5.21. The van der Waals surface area contributed by atoms with Gasteiger partial charge in [-0.1, -0.05) is 40.5 Å². The van der Waals surface area contributed by atoms with E-state index in [1.165, 1.54) is 6.92 Å². The van der Waals surface area contributed by atoms with Gasteiger partial charge in [0.15, 0.2) is 0 Å². The number of carbonyl (C=O) groups is 4. The lowest BCUT2D eigenvalue weighted by atomic mass is 9.98. The first-order valence-electron chi connectivity index (χ1n) is 10.1. The molecule has 3 amide bonds. The molecular weight excluding hydrogens is 396 g/mol. The molecule has 0 heterocycles. The lowest BCUT2D eigenvalue weighted by Gasteiger charge is -2.27. The van der Waals surface area contributed by atoms with Gasteiger partial charge in [-0.05, 0) is 18.8 Å². The molecule has 174 valence electrons. The molecular formula is C19H36N4O7. The summed E-state index contributed by atoms with van der Waals surface area (Å²) < 4.78 is 0. The third kappa shape index (κ3) is 8.25. The number of nitrogens with two attached hydrogens (primary N) is 1. The molecule has 11 heteroatoms. The first-order valence-corrected chi connectivity index (χ1v) is 10.1. The second-order valence-electron chi connectivity index (χ2n) is 7.59. The van der Waals surface area contributed by atoms with Crippen molar-refractivity contribution in [2.75, 3.05) is 6.61 Å². The molecule has 30 heavy (non-hydrogen) atoms. The summed E-state index contributed by atoms with van der Waals surface area (Å²) in [6.45, 7) is 7.49. The van der Waals surface area contributed by atoms with E-state index < -0.39 is 60.6 Å². The van der Waals surface area contributed by atoms with Crippen LogP contribution in [0, 0.1) is 11.8 Å². The van der Waals surface area contributed by atoms with Gasteiger partial charge in [-0.15, -0.1) is 0 Å². The van der Waals surface area contributed by atoms with Gasteiger partial charge in [0.1, 0.15) is 18.1 Å². The highest BCUT2D eigenvalue weighted by Gasteiger charge is 2.33. The zero-order chi connectivity index (χ0) is 23.6. The number of rotatable bonds is 13. The van der Waals surface area contributed by atoms with Crippen molar-refractivity contribution in [3.8, 4) is 0 Å². The van der Waals surface area contributed by atoms with E-state index in [2.05, 4.69) is 16.0 Å². The van der Waals surface area contributed by atoms with Crippen LogP contribution < -0.4 is 21.7 Å². The summed E-state index contributed by atoms with van der Waals surface area (Å²) in [5.41, 5.74) is 5.84. The molecule has 0 aliphatic carbocycles. The smallest absolute Gasteiger partial charge is 0.326 e. The number of aliphatic hydroxyl groups excluding tert-OH is 2. The van der Waals surface area contributed by atoms with E-state index in [9.17, 15) is 34.5 Å². The largest absolute Gasteiger partial charge is 0.480 e. The number of amides is 3. The number of carbonyl (C=O) groups excluding carboxylic acids is 3. The maximum absolute atomic E-state index is 12.5. The lowest BCUT2D eigenvalue weighted by Crippen LogP contribution is -2.61.